The van der Waals surface area contributed by atoms with Crippen molar-refractivity contribution in [2.75, 3.05) is 12.4 Å². The van der Waals surface area contributed by atoms with Crippen LogP contribution >= 0.6 is 23.4 Å². The lowest BCUT2D eigenvalue weighted by Gasteiger charge is -2.14. The first-order valence-electron chi connectivity index (χ1n) is 7.35. The molecule has 6 heteroatoms. The summed E-state index contributed by atoms with van der Waals surface area (Å²) in [5.41, 5.74) is 1.86. The number of benzene rings is 1. The molecule has 4 nitrogen and oxygen atoms in total. The summed E-state index contributed by atoms with van der Waals surface area (Å²) in [6.45, 7) is 0.549. The van der Waals surface area contributed by atoms with Crippen LogP contribution in [0.15, 0.2) is 34.2 Å². The highest BCUT2D eigenvalue weighted by molar-refractivity contribution is 7.99. The van der Waals surface area contributed by atoms with Crippen LogP contribution in [0.1, 0.15) is 24.1 Å². The molecule has 0 saturated carbocycles. The van der Waals surface area contributed by atoms with E-state index in [0.717, 1.165) is 48.4 Å². The van der Waals surface area contributed by atoms with Gasteiger partial charge in [0.05, 0.1) is 12.3 Å². The number of aromatic amines is 1. The summed E-state index contributed by atoms with van der Waals surface area (Å²) in [6.07, 6.45) is 3.96. The molecule has 116 valence electrons. The number of fused-ring (bicyclic) bond motifs is 1. The standard InChI is InChI=1S/C16H17ClN2O2S/c17-11-5-7-12(8-6-11)21-9-10-22-16-18-14-4-2-1-3-13(14)15(20)19-16/h5-8H,1-4,9-10H2,(H,18,19,20). The fourth-order valence-electron chi connectivity index (χ4n) is 2.48. The van der Waals surface area contributed by atoms with Gasteiger partial charge in [0.1, 0.15) is 5.75 Å². The molecule has 3 rings (SSSR count). The third-order valence-electron chi connectivity index (χ3n) is 3.57. The fraction of sp³-hybridized carbons (Fsp3) is 0.375. The van der Waals surface area contributed by atoms with E-state index in [1.807, 2.05) is 12.1 Å². The molecule has 0 unspecified atom stereocenters. The van der Waals surface area contributed by atoms with Crippen LogP contribution in [0, 0.1) is 0 Å². The van der Waals surface area contributed by atoms with Crippen molar-refractivity contribution in [2.45, 2.75) is 30.8 Å². The minimum absolute atomic E-state index is 0.0193. The van der Waals surface area contributed by atoms with E-state index in [1.165, 1.54) is 11.8 Å². The van der Waals surface area contributed by atoms with Crippen molar-refractivity contribution in [2.24, 2.45) is 0 Å². The van der Waals surface area contributed by atoms with E-state index >= 15 is 0 Å². The first-order chi connectivity index (χ1) is 10.7. The second-order valence-corrected chi connectivity index (χ2v) is 6.67. The number of aromatic nitrogens is 2. The van der Waals surface area contributed by atoms with Crippen LogP contribution in [-0.4, -0.2) is 22.3 Å². The number of nitrogens with one attached hydrogen (secondary N) is 1. The van der Waals surface area contributed by atoms with E-state index in [1.54, 1.807) is 12.1 Å². The second kappa shape index (κ2) is 7.20. The average Bonchev–Trinajstić information content (AvgIpc) is 2.53. The lowest BCUT2D eigenvalue weighted by molar-refractivity contribution is 0.344. The molecule has 22 heavy (non-hydrogen) atoms. The highest BCUT2D eigenvalue weighted by Gasteiger charge is 2.15. The molecule has 0 amide bonds. The number of hydrogen-bond acceptors (Lipinski definition) is 4. The quantitative estimate of drug-likeness (QED) is 0.516. The Kier molecular flexibility index (Phi) is 5.05. The van der Waals surface area contributed by atoms with Gasteiger partial charge in [-0.05, 0) is 49.9 Å². The van der Waals surface area contributed by atoms with Crippen LogP contribution in [0.3, 0.4) is 0 Å². The zero-order valence-electron chi connectivity index (χ0n) is 12.1. The van der Waals surface area contributed by atoms with Crippen molar-refractivity contribution < 1.29 is 4.74 Å². The molecule has 1 heterocycles. The molecule has 0 saturated heterocycles. The molecule has 0 atom stereocenters. The topological polar surface area (TPSA) is 55.0 Å². The SMILES string of the molecule is O=c1[nH]c(SCCOc2ccc(Cl)cc2)nc2c1CCCC2. The Morgan fingerprint density at radius 3 is 2.82 bits per heavy atom. The van der Waals surface area contributed by atoms with Crippen LogP contribution in [0.2, 0.25) is 5.02 Å². The lowest BCUT2D eigenvalue weighted by atomic mass is 9.97. The smallest absolute Gasteiger partial charge is 0.254 e. The molecular weight excluding hydrogens is 320 g/mol. The van der Waals surface area contributed by atoms with E-state index in [2.05, 4.69) is 9.97 Å². The van der Waals surface area contributed by atoms with Gasteiger partial charge < -0.3 is 9.72 Å². The molecule has 1 aliphatic rings. The highest BCUT2D eigenvalue weighted by atomic mass is 35.5. The minimum atomic E-state index is 0.0193. The summed E-state index contributed by atoms with van der Waals surface area (Å²) >= 11 is 7.34. The number of H-pyrrole nitrogens is 1. The molecule has 1 N–H and O–H groups in total. The summed E-state index contributed by atoms with van der Waals surface area (Å²) in [7, 11) is 0. The van der Waals surface area contributed by atoms with E-state index in [0.29, 0.717) is 16.8 Å². The summed E-state index contributed by atoms with van der Waals surface area (Å²) in [5, 5.41) is 1.38. The van der Waals surface area contributed by atoms with Crippen molar-refractivity contribution in [3.8, 4) is 5.75 Å². The maximum atomic E-state index is 12.0. The number of ether oxygens (including phenoxy) is 1. The molecule has 0 radical (unpaired) electrons. The van der Waals surface area contributed by atoms with Gasteiger partial charge in [0, 0.05) is 16.3 Å². The zero-order valence-corrected chi connectivity index (χ0v) is 13.7. The predicted molar refractivity (Wildman–Crippen MR) is 89.2 cm³/mol. The van der Waals surface area contributed by atoms with Crippen LogP contribution < -0.4 is 10.3 Å². The maximum absolute atomic E-state index is 12.0. The molecule has 1 aliphatic carbocycles. The van der Waals surface area contributed by atoms with Crippen LogP contribution in [0.25, 0.3) is 0 Å². The Morgan fingerprint density at radius 1 is 1.23 bits per heavy atom. The number of rotatable bonds is 5. The van der Waals surface area contributed by atoms with Gasteiger partial charge >= 0.3 is 0 Å². The van der Waals surface area contributed by atoms with Crippen LogP contribution in [-0.2, 0) is 12.8 Å². The molecule has 0 spiro atoms. The molecule has 0 fully saturated rings. The van der Waals surface area contributed by atoms with Crippen molar-refractivity contribution in [3.63, 3.8) is 0 Å². The van der Waals surface area contributed by atoms with Gasteiger partial charge in [-0.3, -0.25) is 4.79 Å². The summed E-state index contributed by atoms with van der Waals surface area (Å²) in [6, 6.07) is 7.27. The summed E-state index contributed by atoms with van der Waals surface area (Å²) in [4.78, 5) is 19.4. The second-order valence-electron chi connectivity index (χ2n) is 5.15. The molecule has 1 aromatic carbocycles. The molecular formula is C16H17ClN2O2S. The number of aryl methyl sites for hydroxylation is 1. The van der Waals surface area contributed by atoms with Crippen molar-refractivity contribution in [1.82, 2.24) is 9.97 Å². The normalized spacial score (nSPS) is 13.7. The van der Waals surface area contributed by atoms with E-state index in [-0.39, 0.29) is 5.56 Å². The monoisotopic (exact) mass is 336 g/mol. The minimum Gasteiger partial charge on any atom is -0.493 e. The fourth-order valence-corrected chi connectivity index (χ4v) is 3.30. The Morgan fingerprint density at radius 2 is 2.00 bits per heavy atom. The average molecular weight is 337 g/mol. The largest absolute Gasteiger partial charge is 0.493 e. The van der Waals surface area contributed by atoms with Gasteiger partial charge in [-0.1, -0.05) is 23.4 Å². The van der Waals surface area contributed by atoms with Crippen molar-refractivity contribution in [1.29, 1.82) is 0 Å². The number of nitrogens with zero attached hydrogens (tertiary/aromatic N) is 1. The number of hydrogen-bond donors (Lipinski definition) is 1. The third-order valence-corrected chi connectivity index (χ3v) is 4.66. The first kappa shape index (κ1) is 15.4. The summed E-state index contributed by atoms with van der Waals surface area (Å²) in [5.74, 6) is 1.52. The van der Waals surface area contributed by atoms with Gasteiger partial charge in [-0.15, -0.1) is 0 Å². The van der Waals surface area contributed by atoms with Crippen molar-refractivity contribution >= 4 is 23.4 Å². The van der Waals surface area contributed by atoms with E-state index < -0.39 is 0 Å². The Bertz CT molecular complexity index is 700. The van der Waals surface area contributed by atoms with Crippen LogP contribution in [0.4, 0.5) is 0 Å². The highest BCUT2D eigenvalue weighted by Crippen LogP contribution is 2.20. The lowest BCUT2D eigenvalue weighted by Crippen LogP contribution is -2.21. The molecule has 0 bridgehead atoms. The van der Waals surface area contributed by atoms with Crippen molar-refractivity contribution in [3.05, 3.63) is 50.9 Å². The molecule has 2 aromatic rings. The Hall–Kier alpha value is -1.46. The number of halogens is 1. The van der Waals surface area contributed by atoms with Gasteiger partial charge in [-0.25, -0.2) is 4.98 Å². The van der Waals surface area contributed by atoms with Crippen LogP contribution in [0.5, 0.6) is 5.75 Å². The van der Waals surface area contributed by atoms with E-state index in [9.17, 15) is 4.79 Å². The number of thioether (sulfide) groups is 1. The van der Waals surface area contributed by atoms with Gasteiger partial charge in [0.15, 0.2) is 5.16 Å². The maximum Gasteiger partial charge on any atom is 0.254 e. The van der Waals surface area contributed by atoms with Gasteiger partial charge in [-0.2, -0.15) is 0 Å². The van der Waals surface area contributed by atoms with Gasteiger partial charge in [0.25, 0.3) is 5.56 Å². The Balaban J connectivity index is 1.54. The third kappa shape index (κ3) is 3.84. The summed E-state index contributed by atoms with van der Waals surface area (Å²) < 4.78 is 5.63. The zero-order chi connectivity index (χ0) is 15.4. The van der Waals surface area contributed by atoms with E-state index in [4.69, 9.17) is 16.3 Å². The molecule has 0 aliphatic heterocycles. The van der Waals surface area contributed by atoms with Gasteiger partial charge in [0.2, 0.25) is 0 Å². The first-order valence-corrected chi connectivity index (χ1v) is 8.72. The molecule has 1 aromatic heterocycles. The predicted octanol–water partition coefficient (Wildman–Crippen LogP) is 3.47. The Labute approximate surface area is 138 Å².